The molecule has 1 unspecified atom stereocenters. The van der Waals surface area contributed by atoms with Gasteiger partial charge >= 0.3 is 0 Å². The topological polar surface area (TPSA) is 12.0 Å². The molecule has 0 fully saturated rings. The van der Waals surface area contributed by atoms with Crippen LogP contribution in [0.15, 0.2) is 24.3 Å². The minimum absolute atomic E-state index is 0.139. The van der Waals surface area contributed by atoms with Crippen molar-refractivity contribution in [2.75, 3.05) is 12.4 Å². The number of nitrogens with one attached hydrogen (secondary N) is 1. The lowest BCUT2D eigenvalue weighted by Crippen LogP contribution is -2.22. The third-order valence-electron chi connectivity index (χ3n) is 2.80. The van der Waals surface area contributed by atoms with Crippen molar-refractivity contribution in [2.45, 2.75) is 26.3 Å². The van der Waals surface area contributed by atoms with Gasteiger partial charge in [-0.25, -0.2) is 4.39 Å². The Labute approximate surface area is 102 Å². The van der Waals surface area contributed by atoms with Crippen LogP contribution >= 0.6 is 11.6 Å². The van der Waals surface area contributed by atoms with Crippen LogP contribution in [-0.4, -0.2) is 12.4 Å². The van der Waals surface area contributed by atoms with E-state index in [2.05, 4.69) is 12.2 Å². The Morgan fingerprint density at radius 3 is 2.75 bits per heavy atom. The van der Waals surface area contributed by atoms with E-state index in [-0.39, 0.29) is 5.82 Å². The first-order valence-corrected chi connectivity index (χ1v) is 6.31. The normalized spacial score (nSPS) is 12.7. The Morgan fingerprint density at radius 2 is 2.12 bits per heavy atom. The van der Waals surface area contributed by atoms with Crippen molar-refractivity contribution in [1.29, 1.82) is 0 Å². The molecule has 1 N–H and O–H groups in total. The first kappa shape index (κ1) is 13.5. The standard InChI is InChI=1S/C13H19ClFN/c1-2-11(7-8-14)9-16-10-12-5-3-4-6-13(12)15/h3-6,11,16H,2,7-10H2,1H3. The number of rotatable bonds is 7. The highest BCUT2D eigenvalue weighted by Gasteiger charge is 2.05. The SMILES string of the molecule is CCC(CCCl)CNCc1ccccc1F. The number of hydrogen-bond acceptors (Lipinski definition) is 1. The number of hydrogen-bond donors (Lipinski definition) is 1. The zero-order valence-corrected chi connectivity index (χ0v) is 10.4. The third kappa shape index (κ3) is 4.50. The average Bonchev–Trinajstić information content (AvgIpc) is 2.30. The van der Waals surface area contributed by atoms with Crippen LogP contribution in [0, 0.1) is 11.7 Å². The van der Waals surface area contributed by atoms with Crippen LogP contribution in [0.1, 0.15) is 25.3 Å². The van der Waals surface area contributed by atoms with Crippen LogP contribution in [0.25, 0.3) is 0 Å². The van der Waals surface area contributed by atoms with Gasteiger partial charge in [-0.1, -0.05) is 31.5 Å². The van der Waals surface area contributed by atoms with Crippen molar-refractivity contribution in [3.8, 4) is 0 Å². The van der Waals surface area contributed by atoms with E-state index >= 15 is 0 Å². The molecule has 0 aliphatic carbocycles. The van der Waals surface area contributed by atoms with Crippen molar-refractivity contribution >= 4 is 11.6 Å². The minimum atomic E-state index is -0.139. The maximum atomic E-state index is 13.3. The summed E-state index contributed by atoms with van der Waals surface area (Å²) in [4.78, 5) is 0. The monoisotopic (exact) mass is 243 g/mol. The third-order valence-corrected chi connectivity index (χ3v) is 3.02. The van der Waals surface area contributed by atoms with Gasteiger partial charge in [0.05, 0.1) is 0 Å². The van der Waals surface area contributed by atoms with Gasteiger partial charge in [0.15, 0.2) is 0 Å². The summed E-state index contributed by atoms with van der Waals surface area (Å²) in [5.41, 5.74) is 0.725. The summed E-state index contributed by atoms with van der Waals surface area (Å²) in [6, 6.07) is 6.87. The van der Waals surface area contributed by atoms with Gasteiger partial charge in [-0.05, 0) is 24.9 Å². The van der Waals surface area contributed by atoms with Crippen LogP contribution in [0.2, 0.25) is 0 Å². The van der Waals surface area contributed by atoms with E-state index in [0.29, 0.717) is 18.3 Å². The molecule has 1 aromatic rings. The summed E-state index contributed by atoms with van der Waals surface area (Å²) >= 11 is 5.71. The number of halogens is 2. The molecule has 3 heteroatoms. The van der Waals surface area contributed by atoms with E-state index in [1.807, 2.05) is 12.1 Å². The molecule has 1 aromatic carbocycles. The molecule has 0 aliphatic rings. The Hall–Kier alpha value is -0.600. The second-order valence-corrected chi connectivity index (χ2v) is 4.35. The smallest absolute Gasteiger partial charge is 0.127 e. The molecule has 16 heavy (non-hydrogen) atoms. The van der Waals surface area contributed by atoms with Crippen molar-refractivity contribution in [1.82, 2.24) is 5.32 Å². The van der Waals surface area contributed by atoms with Gasteiger partial charge in [0.25, 0.3) is 0 Å². The van der Waals surface area contributed by atoms with Crippen molar-refractivity contribution < 1.29 is 4.39 Å². The maximum absolute atomic E-state index is 13.3. The predicted molar refractivity (Wildman–Crippen MR) is 67.2 cm³/mol. The molecule has 0 aromatic heterocycles. The summed E-state index contributed by atoms with van der Waals surface area (Å²) in [6.45, 7) is 3.64. The van der Waals surface area contributed by atoms with E-state index in [0.717, 1.165) is 24.9 Å². The first-order chi connectivity index (χ1) is 7.77. The highest BCUT2D eigenvalue weighted by Crippen LogP contribution is 2.09. The Morgan fingerprint density at radius 1 is 1.38 bits per heavy atom. The highest BCUT2D eigenvalue weighted by molar-refractivity contribution is 6.17. The summed E-state index contributed by atoms with van der Waals surface area (Å²) in [7, 11) is 0. The van der Waals surface area contributed by atoms with E-state index in [9.17, 15) is 4.39 Å². The molecule has 1 rings (SSSR count). The summed E-state index contributed by atoms with van der Waals surface area (Å²) in [5.74, 6) is 1.14. The van der Waals surface area contributed by atoms with Gasteiger partial charge in [-0.3, -0.25) is 0 Å². The lowest BCUT2D eigenvalue weighted by Gasteiger charge is -2.14. The van der Waals surface area contributed by atoms with Crippen molar-refractivity contribution in [2.24, 2.45) is 5.92 Å². The maximum Gasteiger partial charge on any atom is 0.127 e. The molecule has 1 nitrogen and oxygen atoms in total. The van der Waals surface area contributed by atoms with E-state index < -0.39 is 0 Å². The lowest BCUT2D eigenvalue weighted by molar-refractivity contribution is 0.448. The molecule has 0 saturated carbocycles. The Kier molecular flexibility index (Phi) is 6.43. The largest absolute Gasteiger partial charge is 0.312 e. The molecular formula is C13H19ClFN. The van der Waals surface area contributed by atoms with Gasteiger partial charge in [-0.2, -0.15) is 0 Å². The van der Waals surface area contributed by atoms with Crippen LogP contribution in [0.3, 0.4) is 0 Å². The van der Waals surface area contributed by atoms with Gasteiger partial charge in [-0.15, -0.1) is 11.6 Å². The number of alkyl halides is 1. The molecule has 0 aliphatic heterocycles. The average molecular weight is 244 g/mol. The molecular weight excluding hydrogens is 225 g/mol. The molecule has 0 amide bonds. The Bertz CT molecular complexity index is 304. The van der Waals surface area contributed by atoms with Gasteiger partial charge in [0.2, 0.25) is 0 Å². The fraction of sp³-hybridized carbons (Fsp3) is 0.538. The first-order valence-electron chi connectivity index (χ1n) is 5.78. The summed E-state index contributed by atoms with van der Waals surface area (Å²) < 4.78 is 13.3. The zero-order valence-electron chi connectivity index (χ0n) is 9.68. The van der Waals surface area contributed by atoms with Crippen LogP contribution in [0.5, 0.6) is 0 Å². The zero-order chi connectivity index (χ0) is 11.8. The van der Waals surface area contributed by atoms with Gasteiger partial charge in [0.1, 0.15) is 5.82 Å². The van der Waals surface area contributed by atoms with Gasteiger partial charge < -0.3 is 5.32 Å². The molecule has 0 bridgehead atoms. The molecule has 0 spiro atoms. The molecule has 1 atom stereocenters. The van der Waals surface area contributed by atoms with E-state index in [4.69, 9.17) is 11.6 Å². The Balaban J connectivity index is 2.32. The molecule has 0 heterocycles. The fourth-order valence-corrected chi connectivity index (χ4v) is 1.97. The van der Waals surface area contributed by atoms with Crippen LogP contribution < -0.4 is 5.32 Å². The van der Waals surface area contributed by atoms with Crippen molar-refractivity contribution in [3.63, 3.8) is 0 Å². The minimum Gasteiger partial charge on any atom is -0.312 e. The molecule has 90 valence electrons. The quantitative estimate of drug-likeness (QED) is 0.722. The summed E-state index contributed by atoms with van der Waals surface area (Å²) in [5, 5.41) is 3.28. The second kappa shape index (κ2) is 7.64. The lowest BCUT2D eigenvalue weighted by atomic mass is 10.0. The van der Waals surface area contributed by atoms with E-state index in [1.165, 1.54) is 6.07 Å². The molecule has 0 saturated heterocycles. The van der Waals surface area contributed by atoms with Crippen LogP contribution in [0.4, 0.5) is 4.39 Å². The van der Waals surface area contributed by atoms with Crippen molar-refractivity contribution in [3.05, 3.63) is 35.6 Å². The summed E-state index contributed by atoms with van der Waals surface area (Å²) in [6.07, 6.45) is 2.12. The second-order valence-electron chi connectivity index (χ2n) is 3.97. The fourth-order valence-electron chi connectivity index (χ4n) is 1.66. The highest BCUT2D eigenvalue weighted by atomic mass is 35.5. The number of benzene rings is 1. The molecule has 0 radical (unpaired) electrons. The van der Waals surface area contributed by atoms with Crippen LogP contribution in [-0.2, 0) is 6.54 Å². The van der Waals surface area contributed by atoms with Gasteiger partial charge in [0, 0.05) is 18.0 Å². The predicted octanol–water partition coefficient (Wildman–Crippen LogP) is 3.57. The van der Waals surface area contributed by atoms with E-state index in [1.54, 1.807) is 6.07 Å².